The van der Waals surface area contributed by atoms with E-state index in [1.165, 1.54) is 23.1 Å². The molecule has 0 unspecified atom stereocenters. The van der Waals surface area contributed by atoms with Crippen molar-refractivity contribution in [1.29, 1.82) is 0 Å². The average Bonchev–Trinajstić information content (AvgIpc) is 3.17. The summed E-state index contributed by atoms with van der Waals surface area (Å²) >= 11 is 2.75. The van der Waals surface area contributed by atoms with E-state index in [-0.39, 0.29) is 5.97 Å². The second-order valence-corrected chi connectivity index (χ2v) is 7.50. The SMILES string of the molecule is CCOC(=O)c1sc2nc(C)nc(Sc3nnc4ccccn34)c2c1C. The monoisotopic (exact) mass is 385 g/mol. The van der Waals surface area contributed by atoms with Gasteiger partial charge in [-0.25, -0.2) is 14.8 Å². The van der Waals surface area contributed by atoms with Gasteiger partial charge in [0.2, 0.25) is 5.16 Å². The number of carbonyl (C=O) groups is 1. The number of carbonyl (C=O) groups excluding carboxylic acids is 1. The van der Waals surface area contributed by atoms with Gasteiger partial charge in [-0.1, -0.05) is 6.07 Å². The lowest BCUT2D eigenvalue weighted by molar-refractivity contribution is 0.0531. The zero-order valence-corrected chi connectivity index (χ0v) is 16.0. The molecule has 0 fully saturated rings. The molecule has 0 atom stereocenters. The summed E-state index contributed by atoms with van der Waals surface area (Å²) in [6.45, 7) is 5.87. The molecule has 4 aromatic rings. The van der Waals surface area contributed by atoms with Crippen molar-refractivity contribution in [3.05, 3.63) is 40.7 Å². The lowest BCUT2D eigenvalue weighted by Crippen LogP contribution is -2.03. The van der Waals surface area contributed by atoms with Crippen molar-refractivity contribution in [3.63, 3.8) is 0 Å². The van der Waals surface area contributed by atoms with Crippen LogP contribution in [0.25, 0.3) is 15.9 Å². The third-order valence-electron chi connectivity index (χ3n) is 3.80. The summed E-state index contributed by atoms with van der Waals surface area (Å²) in [6.07, 6.45) is 1.91. The van der Waals surface area contributed by atoms with E-state index >= 15 is 0 Å². The molecule has 0 saturated heterocycles. The zero-order chi connectivity index (χ0) is 18.3. The summed E-state index contributed by atoms with van der Waals surface area (Å²) < 4.78 is 7.07. The highest BCUT2D eigenvalue weighted by Crippen LogP contribution is 2.38. The first-order valence-electron chi connectivity index (χ1n) is 8.01. The molecular formula is C17H15N5O2S2. The highest BCUT2D eigenvalue weighted by atomic mass is 32.2. The summed E-state index contributed by atoms with van der Waals surface area (Å²) in [4.78, 5) is 22.7. The minimum atomic E-state index is -0.325. The van der Waals surface area contributed by atoms with Crippen LogP contribution in [-0.4, -0.2) is 37.1 Å². The number of nitrogens with zero attached hydrogens (tertiary/aromatic N) is 5. The zero-order valence-electron chi connectivity index (χ0n) is 14.4. The van der Waals surface area contributed by atoms with Crippen LogP contribution in [0.4, 0.5) is 0 Å². The molecule has 0 aliphatic rings. The number of hydrogen-bond acceptors (Lipinski definition) is 8. The van der Waals surface area contributed by atoms with Crippen molar-refractivity contribution in [1.82, 2.24) is 24.6 Å². The van der Waals surface area contributed by atoms with Gasteiger partial charge in [0, 0.05) is 11.6 Å². The van der Waals surface area contributed by atoms with Gasteiger partial charge in [0.15, 0.2) is 5.65 Å². The van der Waals surface area contributed by atoms with Crippen molar-refractivity contribution in [2.24, 2.45) is 0 Å². The van der Waals surface area contributed by atoms with Gasteiger partial charge in [0.25, 0.3) is 0 Å². The standard InChI is InChI=1S/C17H15N5O2S2/c1-4-24-16(23)13-9(2)12-14(25-13)18-10(3)19-15(12)26-17-21-20-11-7-5-6-8-22(11)17/h5-8H,4H2,1-3H3. The first kappa shape index (κ1) is 16.9. The molecule has 0 aromatic carbocycles. The smallest absolute Gasteiger partial charge is 0.348 e. The Hall–Kier alpha value is -2.52. The maximum Gasteiger partial charge on any atom is 0.348 e. The average molecular weight is 385 g/mol. The minimum Gasteiger partial charge on any atom is -0.462 e. The Labute approximate surface area is 157 Å². The fraction of sp³-hybridized carbons (Fsp3) is 0.235. The Balaban J connectivity index is 1.85. The van der Waals surface area contributed by atoms with Crippen molar-refractivity contribution < 1.29 is 9.53 Å². The lowest BCUT2D eigenvalue weighted by atomic mass is 10.2. The first-order valence-corrected chi connectivity index (χ1v) is 9.64. The molecule has 0 amide bonds. The molecular weight excluding hydrogens is 370 g/mol. The number of aromatic nitrogens is 5. The molecule has 26 heavy (non-hydrogen) atoms. The van der Waals surface area contributed by atoms with E-state index in [0.717, 1.165) is 26.5 Å². The lowest BCUT2D eigenvalue weighted by Gasteiger charge is -2.04. The maximum atomic E-state index is 12.2. The van der Waals surface area contributed by atoms with Gasteiger partial charge in [-0.05, 0) is 50.2 Å². The van der Waals surface area contributed by atoms with Gasteiger partial charge >= 0.3 is 5.97 Å². The van der Waals surface area contributed by atoms with Gasteiger partial charge in [-0.15, -0.1) is 21.5 Å². The molecule has 9 heteroatoms. The number of esters is 1. The summed E-state index contributed by atoms with van der Waals surface area (Å²) in [7, 11) is 0. The van der Waals surface area contributed by atoms with Crippen LogP contribution in [0.2, 0.25) is 0 Å². The van der Waals surface area contributed by atoms with Crippen LogP contribution in [0, 0.1) is 13.8 Å². The second kappa shape index (κ2) is 6.65. The molecule has 4 heterocycles. The van der Waals surface area contributed by atoms with Crippen LogP contribution in [0.15, 0.2) is 34.6 Å². The molecule has 0 aliphatic carbocycles. The van der Waals surface area contributed by atoms with E-state index in [0.29, 0.717) is 22.5 Å². The quantitative estimate of drug-likeness (QED) is 0.391. The van der Waals surface area contributed by atoms with Crippen molar-refractivity contribution in [2.45, 2.75) is 31.0 Å². The van der Waals surface area contributed by atoms with Crippen molar-refractivity contribution in [2.75, 3.05) is 6.61 Å². The van der Waals surface area contributed by atoms with Gasteiger partial charge in [0.1, 0.15) is 20.6 Å². The number of pyridine rings is 1. The molecule has 0 saturated carbocycles. The number of ether oxygens (including phenoxy) is 1. The molecule has 132 valence electrons. The van der Waals surface area contributed by atoms with E-state index in [1.54, 1.807) is 6.92 Å². The number of thiophene rings is 1. The number of hydrogen-bond donors (Lipinski definition) is 0. The Morgan fingerprint density at radius 2 is 2.12 bits per heavy atom. The van der Waals surface area contributed by atoms with Crippen molar-refractivity contribution in [3.8, 4) is 0 Å². The molecule has 0 N–H and O–H groups in total. The molecule has 0 radical (unpaired) electrons. The van der Waals surface area contributed by atoms with Crippen LogP contribution in [0.1, 0.15) is 28.0 Å². The molecule has 7 nitrogen and oxygen atoms in total. The number of rotatable bonds is 4. The van der Waals surface area contributed by atoms with Gasteiger partial charge < -0.3 is 4.74 Å². The third kappa shape index (κ3) is 2.82. The van der Waals surface area contributed by atoms with Crippen LogP contribution in [0.5, 0.6) is 0 Å². The highest BCUT2D eigenvalue weighted by Gasteiger charge is 2.22. The fourth-order valence-electron chi connectivity index (χ4n) is 2.64. The van der Waals surface area contributed by atoms with E-state index in [1.807, 2.05) is 42.6 Å². The number of aryl methyl sites for hydroxylation is 2. The van der Waals surface area contributed by atoms with E-state index in [2.05, 4.69) is 20.2 Å². The van der Waals surface area contributed by atoms with E-state index in [4.69, 9.17) is 4.74 Å². The first-order chi connectivity index (χ1) is 12.6. The Morgan fingerprint density at radius 3 is 2.92 bits per heavy atom. The Morgan fingerprint density at radius 1 is 1.27 bits per heavy atom. The van der Waals surface area contributed by atoms with Gasteiger partial charge in [-0.3, -0.25) is 4.40 Å². The molecule has 4 rings (SSSR count). The normalized spacial score (nSPS) is 11.3. The molecule has 0 aliphatic heterocycles. The van der Waals surface area contributed by atoms with Crippen LogP contribution < -0.4 is 0 Å². The number of fused-ring (bicyclic) bond motifs is 2. The maximum absolute atomic E-state index is 12.2. The summed E-state index contributed by atoms with van der Waals surface area (Å²) in [6, 6.07) is 5.74. The molecule has 4 aromatic heterocycles. The van der Waals surface area contributed by atoms with Gasteiger partial charge in [0.05, 0.1) is 6.61 Å². The molecule has 0 bridgehead atoms. The third-order valence-corrected chi connectivity index (χ3v) is 5.92. The summed E-state index contributed by atoms with van der Waals surface area (Å²) in [5.41, 5.74) is 1.60. The molecule has 0 spiro atoms. The topological polar surface area (TPSA) is 82.3 Å². The fourth-order valence-corrected chi connectivity index (χ4v) is 4.87. The van der Waals surface area contributed by atoms with E-state index in [9.17, 15) is 4.79 Å². The Bertz CT molecular complexity index is 1140. The minimum absolute atomic E-state index is 0.325. The van der Waals surface area contributed by atoms with E-state index < -0.39 is 0 Å². The van der Waals surface area contributed by atoms with Crippen LogP contribution in [-0.2, 0) is 4.74 Å². The van der Waals surface area contributed by atoms with Crippen molar-refractivity contribution >= 4 is 44.9 Å². The second-order valence-electron chi connectivity index (χ2n) is 5.55. The van der Waals surface area contributed by atoms with Crippen LogP contribution >= 0.6 is 23.1 Å². The highest BCUT2D eigenvalue weighted by molar-refractivity contribution is 7.99. The Kier molecular flexibility index (Phi) is 4.33. The summed E-state index contributed by atoms with van der Waals surface area (Å²) in [5.74, 6) is 0.319. The van der Waals surface area contributed by atoms with Gasteiger partial charge in [-0.2, -0.15) is 0 Å². The summed E-state index contributed by atoms with van der Waals surface area (Å²) in [5, 5.41) is 10.8. The van der Waals surface area contributed by atoms with Crippen LogP contribution in [0.3, 0.4) is 0 Å². The largest absolute Gasteiger partial charge is 0.462 e. The predicted molar refractivity (Wildman–Crippen MR) is 100.0 cm³/mol. The predicted octanol–water partition coefficient (Wildman–Crippen LogP) is 3.68.